The molecule has 0 spiro atoms. The van der Waals surface area contributed by atoms with Gasteiger partial charge in [-0.15, -0.1) is 0 Å². The number of rotatable bonds is 4. The standard InChI is InChI=1S/C18H30N4O3/c1-18(2,3)17(23)19-14-5-4-8-22(11-14)12-15-20-16(25-21-15)13-6-9-24-10-7-13/h13-14H,4-12H2,1-3H3,(H,19,23). The van der Waals surface area contributed by atoms with Crippen molar-refractivity contribution in [2.24, 2.45) is 5.41 Å². The van der Waals surface area contributed by atoms with Gasteiger partial charge in [0.25, 0.3) is 0 Å². The van der Waals surface area contributed by atoms with Crippen molar-refractivity contribution in [3.8, 4) is 0 Å². The Hall–Kier alpha value is -1.47. The fraction of sp³-hybridized carbons (Fsp3) is 0.833. The fourth-order valence-electron chi connectivity index (χ4n) is 3.36. The van der Waals surface area contributed by atoms with Crippen molar-refractivity contribution < 1.29 is 14.1 Å². The van der Waals surface area contributed by atoms with Crippen LogP contribution in [0.1, 0.15) is 64.1 Å². The number of ether oxygens (including phenoxy) is 1. The first kappa shape index (κ1) is 18.3. The predicted molar refractivity (Wildman–Crippen MR) is 93.0 cm³/mol. The van der Waals surface area contributed by atoms with E-state index in [1.54, 1.807) is 0 Å². The van der Waals surface area contributed by atoms with Crippen LogP contribution in [0.2, 0.25) is 0 Å². The van der Waals surface area contributed by atoms with Crippen LogP contribution in [0.25, 0.3) is 0 Å². The summed E-state index contributed by atoms with van der Waals surface area (Å²) in [5.74, 6) is 1.92. The van der Waals surface area contributed by atoms with E-state index in [0.29, 0.717) is 12.5 Å². The number of nitrogens with one attached hydrogen (secondary N) is 1. The highest BCUT2D eigenvalue weighted by Gasteiger charge is 2.28. The van der Waals surface area contributed by atoms with Crippen molar-refractivity contribution in [1.82, 2.24) is 20.4 Å². The third-order valence-corrected chi connectivity index (χ3v) is 4.94. The van der Waals surface area contributed by atoms with E-state index in [1.807, 2.05) is 20.8 Å². The molecule has 0 aliphatic carbocycles. The van der Waals surface area contributed by atoms with Gasteiger partial charge in [-0.05, 0) is 32.2 Å². The molecule has 3 heterocycles. The minimum atomic E-state index is -0.353. The minimum absolute atomic E-state index is 0.112. The first-order chi connectivity index (χ1) is 11.9. The Morgan fingerprint density at radius 1 is 1.28 bits per heavy atom. The van der Waals surface area contributed by atoms with E-state index < -0.39 is 0 Å². The van der Waals surface area contributed by atoms with Crippen molar-refractivity contribution >= 4 is 5.91 Å². The summed E-state index contributed by atoms with van der Waals surface area (Å²) in [6.45, 7) is 9.88. The van der Waals surface area contributed by atoms with Crippen LogP contribution < -0.4 is 5.32 Å². The first-order valence-electron chi connectivity index (χ1n) is 9.35. The van der Waals surface area contributed by atoms with Crippen LogP contribution in [-0.2, 0) is 16.1 Å². The molecule has 0 aromatic carbocycles. The molecule has 3 rings (SSSR count). The SMILES string of the molecule is CC(C)(C)C(=O)NC1CCCN(Cc2noc(C3CCOCC3)n2)C1. The van der Waals surface area contributed by atoms with Gasteiger partial charge >= 0.3 is 0 Å². The first-order valence-corrected chi connectivity index (χ1v) is 9.35. The van der Waals surface area contributed by atoms with Crippen molar-refractivity contribution in [1.29, 1.82) is 0 Å². The molecular weight excluding hydrogens is 320 g/mol. The molecule has 1 N–H and O–H groups in total. The Kier molecular flexibility index (Phi) is 5.74. The maximum absolute atomic E-state index is 12.2. The Labute approximate surface area is 149 Å². The number of nitrogens with zero attached hydrogens (tertiary/aromatic N) is 3. The van der Waals surface area contributed by atoms with Crippen LogP contribution in [0, 0.1) is 5.41 Å². The van der Waals surface area contributed by atoms with E-state index in [1.165, 1.54) is 0 Å². The number of likely N-dealkylation sites (tertiary alicyclic amines) is 1. The summed E-state index contributed by atoms with van der Waals surface area (Å²) in [5, 5.41) is 7.33. The van der Waals surface area contributed by atoms with Crippen molar-refractivity contribution in [3.63, 3.8) is 0 Å². The lowest BCUT2D eigenvalue weighted by Gasteiger charge is -2.33. The zero-order valence-electron chi connectivity index (χ0n) is 15.6. The highest BCUT2D eigenvalue weighted by molar-refractivity contribution is 5.81. The monoisotopic (exact) mass is 350 g/mol. The molecule has 1 aromatic rings. The molecule has 1 atom stereocenters. The molecule has 0 radical (unpaired) electrons. The molecule has 2 saturated heterocycles. The van der Waals surface area contributed by atoms with Crippen LogP contribution >= 0.6 is 0 Å². The van der Waals surface area contributed by atoms with E-state index in [0.717, 1.165) is 63.7 Å². The number of aromatic nitrogens is 2. The molecule has 25 heavy (non-hydrogen) atoms. The van der Waals surface area contributed by atoms with Gasteiger partial charge in [0, 0.05) is 37.1 Å². The number of hydrogen-bond acceptors (Lipinski definition) is 6. The predicted octanol–water partition coefficient (Wildman–Crippen LogP) is 2.09. The van der Waals surface area contributed by atoms with Gasteiger partial charge in [-0.1, -0.05) is 25.9 Å². The summed E-state index contributed by atoms with van der Waals surface area (Å²) in [6, 6.07) is 0.197. The van der Waals surface area contributed by atoms with Crippen molar-refractivity contribution in [3.05, 3.63) is 11.7 Å². The van der Waals surface area contributed by atoms with E-state index in [9.17, 15) is 4.79 Å². The Morgan fingerprint density at radius 3 is 2.76 bits per heavy atom. The van der Waals surface area contributed by atoms with Crippen molar-refractivity contribution in [2.75, 3.05) is 26.3 Å². The van der Waals surface area contributed by atoms with Crippen LogP contribution in [0.5, 0.6) is 0 Å². The lowest BCUT2D eigenvalue weighted by Crippen LogP contribution is -2.50. The van der Waals surface area contributed by atoms with Crippen LogP contribution in [0.15, 0.2) is 4.52 Å². The van der Waals surface area contributed by atoms with Crippen LogP contribution in [-0.4, -0.2) is 53.3 Å². The van der Waals surface area contributed by atoms with Gasteiger partial charge in [-0.2, -0.15) is 4.98 Å². The quantitative estimate of drug-likeness (QED) is 0.896. The zero-order valence-corrected chi connectivity index (χ0v) is 15.6. The number of carbonyl (C=O) groups is 1. The van der Waals surface area contributed by atoms with E-state index in [-0.39, 0.29) is 17.4 Å². The van der Waals surface area contributed by atoms with Gasteiger partial charge in [0.05, 0.1) is 6.54 Å². The van der Waals surface area contributed by atoms with Gasteiger partial charge in [0.15, 0.2) is 5.82 Å². The highest BCUT2D eigenvalue weighted by atomic mass is 16.5. The summed E-state index contributed by atoms with van der Waals surface area (Å²) in [5.41, 5.74) is -0.353. The molecule has 2 fully saturated rings. The smallest absolute Gasteiger partial charge is 0.229 e. The second-order valence-electron chi connectivity index (χ2n) is 8.23. The topological polar surface area (TPSA) is 80.5 Å². The molecule has 1 amide bonds. The third-order valence-electron chi connectivity index (χ3n) is 4.94. The molecule has 0 saturated carbocycles. The minimum Gasteiger partial charge on any atom is -0.381 e. The summed E-state index contributed by atoms with van der Waals surface area (Å²) in [4.78, 5) is 19.1. The van der Waals surface area contributed by atoms with Crippen molar-refractivity contribution in [2.45, 2.75) is 65.0 Å². The normalized spacial score (nSPS) is 23.6. The summed E-state index contributed by atoms with van der Waals surface area (Å²) >= 11 is 0. The molecule has 1 aromatic heterocycles. The number of amides is 1. The molecule has 2 aliphatic heterocycles. The highest BCUT2D eigenvalue weighted by Crippen LogP contribution is 2.25. The Bertz CT molecular complexity index is 575. The summed E-state index contributed by atoms with van der Waals surface area (Å²) in [6.07, 6.45) is 4.00. The maximum Gasteiger partial charge on any atom is 0.229 e. The Balaban J connectivity index is 1.52. The average molecular weight is 350 g/mol. The molecule has 2 aliphatic rings. The molecule has 0 bridgehead atoms. The second kappa shape index (κ2) is 7.83. The Morgan fingerprint density at radius 2 is 2.04 bits per heavy atom. The average Bonchev–Trinajstić information content (AvgIpc) is 3.03. The maximum atomic E-state index is 12.2. The van der Waals surface area contributed by atoms with E-state index >= 15 is 0 Å². The molecule has 7 nitrogen and oxygen atoms in total. The zero-order chi connectivity index (χ0) is 17.9. The molecule has 1 unspecified atom stereocenters. The molecule has 140 valence electrons. The van der Waals surface area contributed by atoms with E-state index in [4.69, 9.17) is 9.26 Å². The largest absolute Gasteiger partial charge is 0.381 e. The van der Waals surface area contributed by atoms with Crippen LogP contribution in [0.3, 0.4) is 0 Å². The second-order valence-corrected chi connectivity index (χ2v) is 8.23. The number of hydrogen-bond donors (Lipinski definition) is 1. The number of piperidine rings is 1. The third kappa shape index (κ3) is 5.01. The van der Waals surface area contributed by atoms with Gasteiger partial charge in [0.1, 0.15) is 0 Å². The summed E-state index contributed by atoms with van der Waals surface area (Å²) < 4.78 is 10.9. The number of carbonyl (C=O) groups excluding carboxylic acids is 1. The van der Waals surface area contributed by atoms with Gasteiger partial charge in [0.2, 0.25) is 11.8 Å². The summed E-state index contributed by atoms with van der Waals surface area (Å²) in [7, 11) is 0. The molecular formula is C18H30N4O3. The van der Waals surface area contributed by atoms with Gasteiger partial charge in [-0.25, -0.2) is 0 Å². The van der Waals surface area contributed by atoms with Gasteiger partial charge < -0.3 is 14.6 Å². The van der Waals surface area contributed by atoms with E-state index in [2.05, 4.69) is 20.4 Å². The lowest BCUT2D eigenvalue weighted by molar-refractivity contribution is -0.129. The van der Waals surface area contributed by atoms with Gasteiger partial charge in [-0.3, -0.25) is 9.69 Å². The molecule has 7 heteroatoms. The van der Waals surface area contributed by atoms with Crippen LogP contribution in [0.4, 0.5) is 0 Å². The lowest BCUT2D eigenvalue weighted by atomic mass is 9.94. The fourth-order valence-corrected chi connectivity index (χ4v) is 3.36.